The topological polar surface area (TPSA) is 76.8 Å². The van der Waals surface area contributed by atoms with E-state index in [9.17, 15) is 4.79 Å². The van der Waals surface area contributed by atoms with Gasteiger partial charge in [0, 0.05) is 32.2 Å². The van der Waals surface area contributed by atoms with Crippen molar-refractivity contribution in [3.63, 3.8) is 0 Å². The maximum absolute atomic E-state index is 12.2. The Morgan fingerprint density at radius 3 is 2.60 bits per heavy atom. The normalized spacial score (nSPS) is 23.2. The molecular weight excluding hydrogens is 318 g/mol. The summed E-state index contributed by atoms with van der Waals surface area (Å²) in [6, 6.07) is 4.18. The summed E-state index contributed by atoms with van der Waals surface area (Å²) in [6.45, 7) is 3.38. The molecule has 6 heteroatoms. The lowest BCUT2D eigenvalue weighted by atomic mass is 9.99. The second kappa shape index (κ2) is 8.06. The third-order valence-electron chi connectivity index (χ3n) is 5.43. The second-order valence-corrected chi connectivity index (χ2v) is 6.99. The number of rotatable bonds is 6. The number of nitrogens with zero attached hydrogens (tertiary/aromatic N) is 1. The number of methoxy groups -OCH3 is 2. The molecule has 2 atom stereocenters. The van der Waals surface area contributed by atoms with E-state index in [1.165, 1.54) is 11.1 Å². The third-order valence-corrected chi connectivity index (χ3v) is 5.43. The van der Waals surface area contributed by atoms with Gasteiger partial charge in [-0.1, -0.05) is 6.42 Å². The van der Waals surface area contributed by atoms with Gasteiger partial charge in [-0.15, -0.1) is 0 Å². The molecule has 2 aliphatic rings. The van der Waals surface area contributed by atoms with Gasteiger partial charge in [0.05, 0.1) is 20.1 Å². The van der Waals surface area contributed by atoms with Gasteiger partial charge >= 0.3 is 0 Å². The molecular formula is C19H29N3O3. The van der Waals surface area contributed by atoms with Crippen LogP contribution in [0, 0.1) is 5.92 Å². The maximum Gasteiger partial charge on any atom is 0.224 e. The van der Waals surface area contributed by atoms with E-state index in [2.05, 4.69) is 22.3 Å². The van der Waals surface area contributed by atoms with E-state index >= 15 is 0 Å². The first kappa shape index (κ1) is 18.0. The van der Waals surface area contributed by atoms with E-state index in [1.54, 1.807) is 14.2 Å². The lowest BCUT2D eigenvalue weighted by Crippen LogP contribution is -2.42. The number of amides is 1. The monoisotopic (exact) mass is 347 g/mol. The predicted octanol–water partition coefficient (Wildman–Crippen LogP) is 1.31. The SMILES string of the molecule is COc1cc2c(cc1OC)CN(CCNC(=O)[C@@H]1CCC[C@@H]1N)CC2. The first-order valence-electron chi connectivity index (χ1n) is 9.11. The van der Waals surface area contributed by atoms with Crippen molar-refractivity contribution in [2.45, 2.75) is 38.3 Å². The Morgan fingerprint density at radius 1 is 1.24 bits per heavy atom. The fraction of sp³-hybridized carbons (Fsp3) is 0.632. The summed E-state index contributed by atoms with van der Waals surface area (Å²) in [5.74, 6) is 1.68. The smallest absolute Gasteiger partial charge is 0.224 e. The Hall–Kier alpha value is -1.79. The van der Waals surface area contributed by atoms with Crippen LogP contribution in [0.25, 0.3) is 0 Å². The van der Waals surface area contributed by atoms with Crippen LogP contribution >= 0.6 is 0 Å². The molecule has 25 heavy (non-hydrogen) atoms. The number of hydrogen-bond donors (Lipinski definition) is 2. The molecule has 0 spiro atoms. The van der Waals surface area contributed by atoms with Crippen LogP contribution in [-0.2, 0) is 17.8 Å². The summed E-state index contributed by atoms with van der Waals surface area (Å²) < 4.78 is 10.8. The van der Waals surface area contributed by atoms with Gasteiger partial charge in [-0.3, -0.25) is 9.69 Å². The lowest BCUT2D eigenvalue weighted by Gasteiger charge is -2.29. The van der Waals surface area contributed by atoms with E-state index in [-0.39, 0.29) is 17.9 Å². The molecule has 1 fully saturated rings. The Labute approximate surface area is 149 Å². The minimum atomic E-state index is -0.00110. The van der Waals surface area contributed by atoms with Crippen LogP contribution < -0.4 is 20.5 Å². The Bertz CT molecular complexity index is 620. The molecule has 1 heterocycles. The highest BCUT2D eigenvalue weighted by molar-refractivity contribution is 5.79. The summed E-state index contributed by atoms with van der Waals surface area (Å²) in [4.78, 5) is 14.6. The van der Waals surface area contributed by atoms with Gasteiger partial charge in [-0.05, 0) is 42.5 Å². The molecule has 0 aromatic heterocycles. The van der Waals surface area contributed by atoms with Gasteiger partial charge in [0.15, 0.2) is 11.5 Å². The van der Waals surface area contributed by atoms with E-state index < -0.39 is 0 Å². The fourth-order valence-electron chi connectivity index (χ4n) is 3.92. The van der Waals surface area contributed by atoms with Crippen molar-refractivity contribution in [3.05, 3.63) is 23.3 Å². The quantitative estimate of drug-likeness (QED) is 0.811. The van der Waals surface area contributed by atoms with Gasteiger partial charge in [-0.25, -0.2) is 0 Å². The van der Waals surface area contributed by atoms with E-state index in [0.717, 1.165) is 56.8 Å². The van der Waals surface area contributed by atoms with Gasteiger partial charge < -0.3 is 20.5 Å². The van der Waals surface area contributed by atoms with Gasteiger partial charge in [-0.2, -0.15) is 0 Å². The Balaban J connectivity index is 1.52. The molecule has 1 saturated carbocycles. The van der Waals surface area contributed by atoms with E-state index in [0.29, 0.717) is 6.54 Å². The van der Waals surface area contributed by atoms with Crippen molar-refractivity contribution >= 4 is 5.91 Å². The molecule has 1 aromatic carbocycles. The molecule has 0 saturated heterocycles. The molecule has 3 N–H and O–H groups in total. The molecule has 6 nitrogen and oxygen atoms in total. The summed E-state index contributed by atoms with van der Waals surface area (Å²) in [6.07, 6.45) is 3.93. The molecule has 0 unspecified atom stereocenters. The number of fused-ring (bicyclic) bond motifs is 1. The number of benzene rings is 1. The molecule has 1 aromatic rings. The van der Waals surface area contributed by atoms with Crippen LogP contribution in [-0.4, -0.2) is 50.7 Å². The lowest BCUT2D eigenvalue weighted by molar-refractivity contribution is -0.125. The van der Waals surface area contributed by atoms with Crippen molar-refractivity contribution < 1.29 is 14.3 Å². The second-order valence-electron chi connectivity index (χ2n) is 6.99. The zero-order valence-corrected chi connectivity index (χ0v) is 15.2. The first-order valence-corrected chi connectivity index (χ1v) is 9.11. The van der Waals surface area contributed by atoms with Crippen molar-refractivity contribution in [2.24, 2.45) is 11.7 Å². The molecule has 3 rings (SSSR count). The highest BCUT2D eigenvalue weighted by Gasteiger charge is 2.30. The molecule has 1 aliphatic carbocycles. The number of carbonyl (C=O) groups is 1. The van der Waals surface area contributed by atoms with Crippen molar-refractivity contribution in [2.75, 3.05) is 33.9 Å². The van der Waals surface area contributed by atoms with Crippen molar-refractivity contribution in [3.8, 4) is 11.5 Å². The minimum absolute atomic E-state index is 0.00110. The average molecular weight is 347 g/mol. The number of hydrogen-bond acceptors (Lipinski definition) is 5. The van der Waals surface area contributed by atoms with Crippen LogP contribution in [0.1, 0.15) is 30.4 Å². The molecule has 1 amide bonds. The van der Waals surface area contributed by atoms with Gasteiger partial charge in [0.25, 0.3) is 0 Å². The highest BCUT2D eigenvalue weighted by atomic mass is 16.5. The largest absolute Gasteiger partial charge is 0.493 e. The zero-order valence-electron chi connectivity index (χ0n) is 15.2. The number of ether oxygens (including phenoxy) is 2. The van der Waals surface area contributed by atoms with E-state index in [4.69, 9.17) is 15.2 Å². The number of carbonyl (C=O) groups excluding carboxylic acids is 1. The predicted molar refractivity (Wildman–Crippen MR) is 96.9 cm³/mol. The first-order chi connectivity index (χ1) is 12.1. The molecule has 1 aliphatic heterocycles. The van der Waals surface area contributed by atoms with Crippen LogP contribution in [0.15, 0.2) is 12.1 Å². The van der Waals surface area contributed by atoms with Gasteiger partial charge in [0.2, 0.25) is 5.91 Å². The summed E-state index contributed by atoms with van der Waals surface area (Å²) in [5, 5.41) is 3.06. The molecule has 0 radical (unpaired) electrons. The summed E-state index contributed by atoms with van der Waals surface area (Å²) >= 11 is 0. The maximum atomic E-state index is 12.2. The number of nitrogens with one attached hydrogen (secondary N) is 1. The van der Waals surface area contributed by atoms with Crippen LogP contribution in [0.2, 0.25) is 0 Å². The van der Waals surface area contributed by atoms with Crippen molar-refractivity contribution in [1.82, 2.24) is 10.2 Å². The Morgan fingerprint density at radius 2 is 1.96 bits per heavy atom. The minimum Gasteiger partial charge on any atom is -0.493 e. The summed E-state index contributed by atoms with van der Waals surface area (Å²) in [5.41, 5.74) is 8.59. The Kier molecular flexibility index (Phi) is 5.81. The average Bonchev–Trinajstić information content (AvgIpc) is 3.06. The standard InChI is InChI=1S/C19H29N3O3/c1-24-17-10-13-6-8-22(12-14(13)11-18(17)25-2)9-7-21-19(23)15-4-3-5-16(15)20/h10-11,15-16H,3-9,12,20H2,1-2H3,(H,21,23)/t15-,16+/m1/s1. The van der Waals surface area contributed by atoms with Crippen LogP contribution in [0.5, 0.6) is 11.5 Å². The molecule has 138 valence electrons. The fourth-order valence-corrected chi connectivity index (χ4v) is 3.92. The van der Waals surface area contributed by atoms with E-state index in [1.807, 2.05) is 0 Å². The number of nitrogens with two attached hydrogens (primary N) is 1. The molecule has 0 bridgehead atoms. The van der Waals surface area contributed by atoms with Crippen molar-refractivity contribution in [1.29, 1.82) is 0 Å². The third kappa shape index (κ3) is 4.07. The zero-order chi connectivity index (χ0) is 17.8. The van der Waals surface area contributed by atoms with Gasteiger partial charge in [0.1, 0.15) is 0 Å². The highest BCUT2D eigenvalue weighted by Crippen LogP contribution is 2.33. The van der Waals surface area contributed by atoms with Crippen LogP contribution in [0.3, 0.4) is 0 Å². The van der Waals surface area contributed by atoms with Crippen LogP contribution in [0.4, 0.5) is 0 Å². The summed E-state index contributed by atoms with van der Waals surface area (Å²) in [7, 11) is 3.33.